The van der Waals surface area contributed by atoms with Gasteiger partial charge in [0.25, 0.3) is 0 Å². The molecule has 2 aromatic rings. The van der Waals surface area contributed by atoms with Gasteiger partial charge in [-0.3, -0.25) is 0 Å². The van der Waals surface area contributed by atoms with E-state index in [-0.39, 0.29) is 29.4 Å². The van der Waals surface area contributed by atoms with Crippen LogP contribution in [0.5, 0.6) is 5.75 Å². The van der Waals surface area contributed by atoms with Crippen molar-refractivity contribution in [3.63, 3.8) is 0 Å². The Morgan fingerprint density at radius 2 is 2.02 bits per heavy atom. The van der Waals surface area contributed by atoms with E-state index in [2.05, 4.69) is 30.2 Å². The number of methoxy groups -OCH3 is 1. The average molecular weight is 675 g/mol. The SMILES string of the molecule is C=CC[C@H](C)[C@@H](COC)S(N)(=O)=O.C=C[C@H](O)[C@@H]1CC[C@H]1CN1C[C@@]2(CCCc3cc(Cl)ccc32)COc2ccc(C(=O)O)cc21. The minimum Gasteiger partial charge on any atom is -0.490 e. The normalized spacial score (nSPS) is 24.0. The lowest BCUT2D eigenvalue weighted by Crippen LogP contribution is -2.49. The van der Waals surface area contributed by atoms with E-state index in [1.807, 2.05) is 13.0 Å². The molecule has 4 N–H and O–H groups in total. The van der Waals surface area contributed by atoms with Gasteiger partial charge in [0.05, 0.1) is 30.6 Å². The van der Waals surface area contributed by atoms with Crippen molar-refractivity contribution in [2.24, 2.45) is 22.9 Å². The molecule has 1 fully saturated rings. The molecule has 46 heavy (non-hydrogen) atoms. The number of carboxylic acids is 1. The summed E-state index contributed by atoms with van der Waals surface area (Å²) >= 11 is 6.31. The van der Waals surface area contributed by atoms with Crippen LogP contribution < -0.4 is 14.8 Å². The molecule has 9 nitrogen and oxygen atoms in total. The van der Waals surface area contributed by atoms with E-state index in [0.29, 0.717) is 18.9 Å². The van der Waals surface area contributed by atoms with Gasteiger partial charge in [-0.15, -0.1) is 13.2 Å². The highest BCUT2D eigenvalue weighted by atomic mass is 35.5. The first-order chi connectivity index (χ1) is 21.8. The zero-order valence-corrected chi connectivity index (χ0v) is 28.3. The van der Waals surface area contributed by atoms with E-state index in [1.54, 1.807) is 30.4 Å². The molecule has 0 amide bonds. The van der Waals surface area contributed by atoms with E-state index >= 15 is 0 Å². The summed E-state index contributed by atoms with van der Waals surface area (Å²) in [5.41, 5.74) is 3.44. The number of ether oxygens (including phenoxy) is 2. The van der Waals surface area contributed by atoms with Gasteiger partial charge >= 0.3 is 5.97 Å². The number of sulfonamides is 1. The molecule has 0 unspecified atom stereocenters. The second-order valence-electron chi connectivity index (χ2n) is 12.9. The van der Waals surface area contributed by atoms with Crippen LogP contribution in [0.4, 0.5) is 5.69 Å². The van der Waals surface area contributed by atoms with Crippen LogP contribution in [-0.4, -0.2) is 69.4 Å². The summed E-state index contributed by atoms with van der Waals surface area (Å²) < 4.78 is 33.4. The summed E-state index contributed by atoms with van der Waals surface area (Å²) in [6, 6.07) is 11.3. The first kappa shape index (κ1) is 36.0. The number of hydrogen-bond donors (Lipinski definition) is 3. The van der Waals surface area contributed by atoms with Crippen LogP contribution in [0.25, 0.3) is 0 Å². The van der Waals surface area contributed by atoms with Gasteiger partial charge < -0.3 is 24.6 Å². The number of carbonyl (C=O) groups is 1. The van der Waals surface area contributed by atoms with Crippen molar-refractivity contribution in [2.45, 2.75) is 62.2 Å². The molecule has 3 aliphatic rings. The molecule has 6 atom stereocenters. The zero-order valence-electron chi connectivity index (χ0n) is 26.7. The van der Waals surface area contributed by atoms with Gasteiger partial charge in [-0.05, 0) is 97.7 Å². The van der Waals surface area contributed by atoms with E-state index in [4.69, 9.17) is 26.2 Å². The minimum absolute atomic E-state index is 0.0625. The number of nitrogens with two attached hydrogens (primary N) is 1. The molecule has 252 valence electrons. The smallest absolute Gasteiger partial charge is 0.335 e. The van der Waals surface area contributed by atoms with E-state index < -0.39 is 27.3 Å². The molecule has 0 saturated heterocycles. The summed E-state index contributed by atoms with van der Waals surface area (Å²) in [4.78, 5) is 14.0. The summed E-state index contributed by atoms with van der Waals surface area (Å²) in [5.74, 6) is 0.220. The molecule has 0 radical (unpaired) electrons. The number of hydrogen-bond acceptors (Lipinski definition) is 7. The third-order valence-electron chi connectivity index (χ3n) is 9.82. The van der Waals surface area contributed by atoms with E-state index in [9.17, 15) is 23.4 Å². The first-order valence-electron chi connectivity index (χ1n) is 15.8. The van der Waals surface area contributed by atoms with E-state index in [0.717, 1.165) is 61.7 Å². The predicted molar refractivity (Wildman–Crippen MR) is 182 cm³/mol. The molecule has 2 aliphatic carbocycles. The number of allylic oxidation sites excluding steroid dienone is 1. The van der Waals surface area contributed by atoms with Gasteiger partial charge in [0.2, 0.25) is 10.0 Å². The largest absolute Gasteiger partial charge is 0.490 e. The molecule has 1 heterocycles. The quantitative estimate of drug-likeness (QED) is 0.262. The van der Waals surface area contributed by atoms with Crippen molar-refractivity contribution in [3.05, 3.63) is 83.4 Å². The second kappa shape index (κ2) is 15.3. The van der Waals surface area contributed by atoms with Gasteiger partial charge in [0.1, 0.15) is 11.0 Å². The van der Waals surface area contributed by atoms with Gasteiger partial charge in [-0.2, -0.15) is 0 Å². The fourth-order valence-electron chi connectivity index (χ4n) is 7.14. The van der Waals surface area contributed by atoms with E-state index in [1.165, 1.54) is 18.2 Å². The number of benzene rings is 2. The summed E-state index contributed by atoms with van der Waals surface area (Å²) in [6.07, 6.45) is 8.50. The molecular weight excluding hydrogens is 628 g/mol. The molecule has 5 rings (SSSR count). The maximum atomic E-state index is 11.7. The number of aryl methyl sites for hydroxylation is 1. The lowest BCUT2D eigenvalue weighted by molar-refractivity contribution is 0.0460. The number of aliphatic hydroxyl groups is 1. The molecule has 11 heteroatoms. The topological polar surface area (TPSA) is 139 Å². The van der Waals surface area contributed by atoms with Crippen LogP contribution in [0.1, 0.15) is 60.5 Å². The molecule has 0 aromatic heterocycles. The number of halogens is 1. The number of aliphatic hydroxyl groups excluding tert-OH is 1. The number of carboxylic acid groups (broad SMARTS) is 1. The van der Waals surface area contributed by atoms with Gasteiger partial charge in [-0.1, -0.05) is 36.7 Å². The number of nitrogens with zero attached hydrogens (tertiary/aromatic N) is 1. The van der Waals surface area contributed by atoms with Crippen molar-refractivity contribution in [1.29, 1.82) is 0 Å². The lowest BCUT2D eigenvalue weighted by atomic mass is 9.68. The Balaban J connectivity index is 0.000000315. The standard InChI is InChI=1S/C27H30ClNO4.C8H17NO3S/c1-2-24(30)21-8-5-19(21)14-29-15-27(11-3-4-17-12-20(28)7-9-22(17)27)16-33-25-10-6-18(26(31)32)13-23(25)29;1-4-5-7(2)8(6-12-3)13(9,10)11/h2,6-7,9-10,12-13,19,21,24,30H,1,3-5,8,11,14-16H2,(H,31,32);4,7-8H,1,5-6H2,2-3H3,(H2,9,10,11)/t19-,21+,24-,27-;7-,8+/m00/s1. The number of primary sulfonamides is 1. The maximum absolute atomic E-state index is 11.7. The molecule has 1 saturated carbocycles. The summed E-state index contributed by atoms with van der Waals surface area (Å²) in [7, 11) is -2.06. The van der Waals surface area contributed by atoms with Crippen molar-refractivity contribution in [3.8, 4) is 5.75 Å². The molecule has 0 bridgehead atoms. The summed E-state index contributed by atoms with van der Waals surface area (Å²) in [5, 5.41) is 25.2. The highest BCUT2D eigenvalue weighted by molar-refractivity contribution is 7.89. The Labute approximate surface area is 278 Å². The van der Waals surface area contributed by atoms with Crippen LogP contribution in [0, 0.1) is 17.8 Å². The number of fused-ring (bicyclic) bond motifs is 3. The lowest BCUT2D eigenvalue weighted by Gasteiger charge is -2.45. The summed E-state index contributed by atoms with van der Waals surface area (Å²) in [6.45, 7) is 11.3. The second-order valence-corrected chi connectivity index (χ2v) is 15.1. The third kappa shape index (κ3) is 8.15. The van der Waals surface area contributed by atoms with Crippen LogP contribution in [0.3, 0.4) is 0 Å². The number of anilines is 1. The Morgan fingerprint density at radius 1 is 1.26 bits per heavy atom. The Hall–Kier alpha value is -2.89. The fraction of sp³-hybridized carbons (Fsp3) is 0.514. The number of rotatable bonds is 11. The van der Waals surface area contributed by atoms with Gasteiger partial charge in [0, 0.05) is 30.6 Å². The average Bonchev–Trinajstić information content (AvgIpc) is 3.14. The number of aromatic carboxylic acids is 1. The maximum Gasteiger partial charge on any atom is 0.335 e. The van der Waals surface area contributed by atoms with Gasteiger partial charge in [0.15, 0.2) is 0 Å². The third-order valence-corrected chi connectivity index (χ3v) is 11.5. The predicted octanol–water partition coefficient (Wildman–Crippen LogP) is 5.59. The highest BCUT2D eigenvalue weighted by Gasteiger charge is 2.44. The molecular formula is C35H47ClN2O7S. The first-order valence-corrected chi connectivity index (χ1v) is 17.8. The van der Waals surface area contributed by atoms with Crippen molar-refractivity contribution in [2.75, 3.05) is 38.3 Å². The molecule has 1 aliphatic heterocycles. The van der Waals surface area contributed by atoms with Crippen molar-refractivity contribution in [1.82, 2.24) is 0 Å². The van der Waals surface area contributed by atoms with Crippen LogP contribution in [0.15, 0.2) is 61.7 Å². The highest BCUT2D eigenvalue weighted by Crippen LogP contribution is 2.46. The fourth-order valence-corrected chi connectivity index (χ4v) is 8.42. The van der Waals surface area contributed by atoms with Crippen molar-refractivity contribution >= 4 is 33.3 Å². The minimum atomic E-state index is -3.52. The Kier molecular flexibility index (Phi) is 12.0. The Bertz CT molecular complexity index is 1520. The molecule has 2 aromatic carbocycles. The van der Waals surface area contributed by atoms with Crippen molar-refractivity contribution < 1.29 is 32.9 Å². The monoisotopic (exact) mass is 674 g/mol. The molecule has 1 spiro atoms. The van der Waals surface area contributed by atoms with Crippen LogP contribution in [-0.2, 0) is 26.6 Å². The van der Waals surface area contributed by atoms with Crippen LogP contribution >= 0.6 is 11.6 Å². The zero-order chi connectivity index (χ0) is 33.6. The van der Waals surface area contributed by atoms with Crippen LogP contribution in [0.2, 0.25) is 5.02 Å². The van der Waals surface area contributed by atoms with Gasteiger partial charge in [-0.25, -0.2) is 18.4 Å². The Morgan fingerprint density at radius 3 is 2.63 bits per heavy atom.